The van der Waals surface area contributed by atoms with E-state index in [9.17, 15) is 0 Å². The lowest BCUT2D eigenvalue weighted by Gasteiger charge is -2.03. The summed E-state index contributed by atoms with van der Waals surface area (Å²) >= 11 is 0. The normalized spacial score (nSPS) is 10.7. The Balaban J connectivity index is 2.68. The zero-order chi connectivity index (χ0) is 9.42. The third-order valence-electron chi connectivity index (χ3n) is 1.95. The second-order valence-electron chi connectivity index (χ2n) is 3.27. The number of pyridine rings is 1. The molecule has 4 nitrogen and oxygen atoms in total. The van der Waals surface area contributed by atoms with E-state index >= 15 is 0 Å². The molecule has 0 aliphatic rings. The van der Waals surface area contributed by atoms with E-state index in [1.807, 2.05) is 44.2 Å². The van der Waals surface area contributed by atoms with E-state index in [0.29, 0.717) is 0 Å². The molecule has 0 aliphatic carbocycles. The van der Waals surface area contributed by atoms with E-state index < -0.39 is 0 Å². The van der Waals surface area contributed by atoms with E-state index in [2.05, 4.69) is 10.1 Å². The molecule has 2 rings (SSSR count). The van der Waals surface area contributed by atoms with Crippen molar-refractivity contribution in [2.45, 2.75) is 6.92 Å². The van der Waals surface area contributed by atoms with E-state index in [-0.39, 0.29) is 0 Å². The van der Waals surface area contributed by atoms with Gasteiger partial charge in [0.2, 0.25) is 5.95 Å². The molecule has 0 radical (unpaired) electrons. The Morgan fingerprint density at radius 2 is 2.15 bits per heavy atom. The first-order valence-corrected chi connectivity index (χ1v) is 4.18. The Hall–Kier alpha value is -1.58. The Kier molecular flexibility index (Phi) is 1.69. The molecule has 0 aromatic carbocycles. The second kappa shape index (κ2) is 2.73. The summed E-state index contributed by atoms with van der Waals surface area (Å²) in [4.78, 5) is 6.28. The van der Waals surface area contributed by atoms with E-state index in [1.165, 1.54) is 0 Å². The molecule has 0 N–H and O–H groups in total. The fourth-order valence-electron chi connectivity index (χ4n) is 1.22. The highest BCUT2D eigenvalue weighted by Gasteiger charge is 2.05. The van der Waals surface area contributed by atoms with Crippen LogP contribution < -0.4 is 4.90 Å². The number of aryl methyl sites for hydroxylation is 1. The van der Waals surface area contributed by atoms with E-state index in [1.54, 1.807) is 4.52 Å². The fraction of sp³-hybridized carbons (Fsp3) is 0.333. The van der Waals surface area contributed by atoms with Gasteiger partial charge in [-0.2, -0.15) is 4.98 Å². The molecule has 0 spiro atoms. The summed E-state index contributed by atoms with van der Waals surface area (Å²) in [5, 5.41) is 4.30. The largest absolute Gasteiger partial charge is 0.346 e. The quantitative estimate of drug-likeness (QED) is 0.652. The van der Waals surface area contributed by atoms with Crippen molar-refractivity contribution in [2.24, 2.45) is 0 Å². The monoisotopic (exact) mass is 176 g/mol. The van der Waals surface area contributed by atoms with Gasteiger partial charge in [-0.25, -0.2) is 4.52 Å². The topological polar surface area (TPSA) is 33.4 Å². The molecule has 68 valence electrons. The zero-order valence-corrected chi connectivity index (χ0v) is 8.02. The highest BCUT2D eigenvalue weighted by Crippen LogP contribution is 2.10. The van der Waals surface area contributed by atoms with Gasteiger partial charge in [0.1, 0.15) is 0 Å². The van der Waals surface area contributed by atoms with Crippen LogP contribution in [0.4, 0.5) is 5.95 Å². The molecule has 0 bridgehead atoms. The minimum atomic E-state index is 0.745. The summed E-state index contributed by atoms with van der Waals surface area (Å²) in [6, 6.07) is 4.00. The second-order valence-corrected chi connectivity index (χ2v) is 3.27. The minimum Gasteiger partial charge on any atom is -0.346 e. The Morgan fingerprint density at radius 3 is 2.77 bits per heavy atom. The van der Waals surface area contributed by atoms with Crippen molar-refractivity contribution >= 4 is 11.6 Å². The first-order valence-electron chi connectivity index (χ1n) is 4.18. The maximum Gasteiger partial charge on any atom is 0.245 e. The van der Waals surface area contributed by atoms with Crippen LogP contribution in [-0.4, -0.2) is 28.7 Å². The Labute approximate surface area is 76.8 Å². The molecule has 0 saturated heterocycles. The van der Waals surface area contributed by atoms with Crippen LogP contribution in [0.2, 0.25) is 0 Å². The lowest BCUT2D eigenvalue weighted by Crippen LogP contribution is -2.10. The van der Waals surface area contributed by atoms with Crippen LogP contribution in [0.15, 0.2) is 18.3 Å². The van der Waals surface area contributed by atoms with Crippen molar-refractivity contribution in [1.29, 1.82) is 0 Å². The number of hydrogen-bond acceptors (Lipinski definition) is 3. The number of rotatable bonds is 1. The Bertz CT molecular complexity index is 430. The summed E-state index contributed by atoms with van der Waals surface area (Å²) in [5.74, 6) is 0.745. The predicted molar refractivity (Wildman–Crippen MR) is 52.1 cm³/mol. The van der Waals surface area contributed by atoms with E-state index in [0.717, 1.165) is 17.2 Å². The number of hydrogen-bond donors (Lipinski definition) is 0. The first-order chi connectivity index (χ1) is 6.18. The Morgan fingerprint density at radius 1 is 1.38 bits per heavy atom. The number of fused-ring (bicyclic) bond motifs is 1. The molecule has 2 aromatic rings. The van der Waals surface area contributed by atoms with Crippen molar-refractivity contribution in [3.05, 3.63) is 23.9 Å². The summed E-state index contributed by atoms with van der Waals surface area (Å²) in [5.41, 5.74) is 2.06. The third kappa shape index (κ3) is 1.24. The van der Waals surface area contributed by atoms with Crippen LogP contribution in [0.5, 0.6) is 0 Å². The van der Waals surface area contributed by atoms with Crippen LogP contribution >= 0.6 is 0 Å². The molecule has 0 atom stereocenters. The molecule has 4 heteroatoms. The third-order valence-corrected chi connectivity index (χ3v) is 1.95. The van der Waals surface area contributed by atoms with Gasteiger partial charge < -0.3 is 4.90 Å². The van der Waals surface area contributed by atoms with Crippen molar-refractivity contribution < 1.29 is 0 Å². The van der Waals surface area contributed by atoms with Crippen LogP contribution in [0.25, 0.3) is 5.65 Å². The van der Waals surface area contributed by atoms with Crippen LogP contribution in [0.3, 0.4) is 0 Å². The summed E-state index contributed by atoms with van der Waals surface area (Å²) in [7, 11) is 3.87. The van der Waals surface area contributed by atoms with Crippen molar-refractivity contribution in [3.8, 4) is 0 Å². The maximum absolute atomic E-state index is 4.39. The van der Waals surface area contributed by atoms with Gasteiger partial charge in [-0.05, 0) is 18.6 Å². The average molecular weight is 176 g/mol. The minimum absolute atomic E-state index is 0.745. The van der Waals surface area contributed by atoms with Gasteiger partial charge in [0.25, 0.3) is 0 Å². The molecular weight excluding hydrogens is 164 g/mol. The first kappa shape index (κ1) is 8.04. The molecule has 2 heterocycles. The molecule has 0 unspecified atom stereocenters. The standard InChI is InChI=1S/C9H12N4/c1-7-5-4-6-13-8(7)10-9(11-13)12(2)3/h4-6H,1-3H3. The number of nitrogens with zero attached hydrogens (tertiary/aromatic N) is 4. The molecule has 0 aliphatic heterocycles. The predicted octanol–water partition coefficient (Wildman–Crippen LogP) is 1.10. The summed E-state index contributed by atoms with van der Waals surface area (Å²) in [6.45, 7) is 2.03. The smallest absolute Gasteiger partial charge is 0.245 e. The van der Waals surface area contributed by atoms with Crippen molar-refractivity contribution in [1.82, 2.24) is 14.6 Å². The van der Waals surface area contributed by atoms with Crippen LogP contribution in [0, 0.1) is 6.92 Å². The average Bonchev–Trinajstić information content (AvgIpc) is 2.49. The molecule has 0 saturated carbocycles. The van der Waals surface area contributed by atoms with Crippen molar-refractivity contribution in [2.75, 3.05) is 19.0 Å². The lowest BCUT2D eigenvalue weighted by molar-refractivity contribution is 0.924. The van der Waals surface area contributed by atoms with Gasteiger partial charge in [0.05, 0.1) is 0 Å². The molecule has 0 amide bonds. The van der Waals surface area contributed by atoms with Gasteiger partial charge >= 0.3 is 0 Å². The van der Waals surface area contributed by atoms with Gasteiger partial charge in [-0.1, -0.05) is 6.07 Å². The van der Waals surface area contributed by atoms with Crippen LogP contribution in [0.1, 0.15) is 5.56 Å². The molecule has 0 fully saturated rings. The number of aromatic nitrogens is 3. The highest BCUT2D eigenvalue weighted by atomic mass is 15.4. The lowest BCUT2D eigenvalue weighted by atomic mass is 10.3. The highest BCUT2D eigenvalue weighted by molar-refractivity contribution is 5.50. The SMILES string of the molecule is Cc1cccn2nc(N(C)C)nc12. The molecule has 2 aromatic heterocycles. The van der Waals surface area contributed by atoms with E-state index in [4.69, 9.17) is 0 Å². The van der Waals surface area contributed by atoms with Gasteiger partial charge in [-0.3, -0.25) is 0 Å². The zero-order valence-electron chi connectivity index (χ0n) is 8.02. The van der Waals surface area contributed by atoms with Gasteiger partial charge in [0, 0.05) is 20.3 Å². The molecule has 13 heavy (non-hydrogen) atoms. The number of anilines is 1. The summed E-state index contributed by atoms with van der Waals surface area (Å²) in [6.07, 6.45) is 1.91. The van der Waals surface area contributed by atoms with Gasteiger partial charge in [-0.15, -0.1) is 5.10 Å². The maximum atomic E-state index is 4.39. The molecular formula is C9H12N4. The van der Waals surface area contributed by atoms with Crippen molar-refractivity contribution in [3.63, 3.8) is 0 Å². The van der Waals surface area contributed by atoms with Gasteiger partial charge in [0.15, 0.2) is 5.65 Å². The fourth-order valence-corrected chi connectivity index (χ4v) is 1.22. The van der Waals surface area contributed by atoms with Crippen LogP contribution in [-0.2, 0) is 0 Å². The summed E-state index contributed by atoms with van der Waals surface area (Å²) < 4.78 is 1.80.